The van der Waals surface area contributed by atoms with Crippen molar-refractivity contribution >= 4 is 11.6 Å². The van der Waals surface area contributed by atoms with Crippen LogP contribution in [0.5, 0.6) is 0 Å². The summed E-state index contributed by atoms with van der Waals surface area (Å²) in [6.07, 6.45) is 1.82. The van der Waals surface area contributed by atoms with Gasteiger partial charge in [0.2, 0.25) is 0 Å². The summed E-state index contributed by atoms with van der Waals surface area (Å²) in [6.45, 7) is 1.89. The van der Waals surface area contributed by atoms with E-state index in [0.717, 1.165) is 24.1 Å². The van der Waals surface area contributed by atoms with Crippen LogP contribution in [0.25, 0.3) is 0 Å². The predicted octanol–water partition coefficient (Wildman–Crippen LogP) is 2.60. The molecule has 2 rings (SSSR count). The Hall–Kier alpha value is -1.07. The Labute approximate surface area is 82.2 Å². The Balaban J connectivity index is 2.48. The number of hydrogen-bond donors (Lipinski definition) is 0. The third-order valence-electron chi connectivity index (χ3n) is 2.47. The van der Waals surface area contributed by atoms with Crippen molar-refractivity contribution in [1.29, 1.82) is 5.26 Å². The molecule has 1 saturated carbocycles. The summed E-state index contributed by atoms with van der Waals surface area (Å²) in [6, 6.07) is 6.12. The van der Waals surface area contributed by atoms with Crippen molar-refractivity contribution in [2.24, 2.45) is 0 Å². The molecule has 1 fully saturated rings. The first-order valence-corrected chi connectivity index (χ1v) is 4.61. The van der Waals surface area contributed by atoms with E-state index in [1.54, 1.807) is 0 Å². The summed E-state index contributed by atoms with van der Waals surface area (Å²) in [5, 5.41) is 9.45. The van der Waals surface area contributed by atoms with Gasteiger partial charge in [0, 0.05) is 11.3 Å². The summed E-state index contributed by atoms with van der Waals surface area (Å²) in [5.41, 5.74) is 1.46. The maximum absolute atomic E-state index is 8.97. The minimum atomic E-state index is -0.322. The zero-order valence-electron chi connectivity index (χ0n) is 7.34. The zero-order chi connectivity index (χ0) is 9.47. The highest BCUT2D eigenvalue weighted by Crippen LogP contribution is 2.49. The van der Waals surface area contributed by atoms with Gasteiger partial charge in [-0.1, -0.05) is 17.7 Å². The monoisotopic (exact) mass is 192 g/mol. The van der Waals surface area contributed by atoms with Crippen molar-refractivity contribution in [2.45, 2.75) is 25.2 Å². The standard InChI is InChI=1S/C10H9ClN2/c1-7-2-3-8(9(11)13-7)10(6-12)4-5-10/h2-3H,4-5H2,1H3. The lowest BCUT2D eigenvalue weighted by molar-refractivity contribution is 0.893. The van der Waals surface area contributed by atoms with Crippen molar-refractivity contribution in [1.82, 2.24) is 4.98 Å². The van der Waals surface area contributed by atoms with E-state index in [0.29, 0.717) is 5.15 Å². The van der Waals surface area contributed by atoms with Crippen LogP contribution in [-0.4, -0.2) is 4.98 Å². The van der Waals surface area contributed by atoms with Gasteiger partial charge in [-0.05, 0) is 25.8 Å². The first kappa shape index (κ1) is 8.52. The second-order valence-corrected chi connectivity index (χ2v) is 3.84. The lowest BCUT2D eigenvalue weighted by atomic mass is 10.00. The summed E-state index contributed by atoms with van der Waals surface area (Å²) >= 11 is 5.97. The molecule has 0 saturated heterocycles. The predicted molar refractivity (Wildman–Crippen MR) is 50.5 cm³/mol. The van der Waals surface area contributed by atoms with Crippen LogP contribution >= 0.6 is 11.6 Å². The van der Waals surface area contributed by atoms with E-state index in [9.17, 15) is 0 Å². The van der Waals surface area contributed by atoms with Crippen LogP contribution in [0.15, 0.2) is 12.1 Å². The molecule has 1 heterocycles. The van der Waals surface area contributed by atoms with E-state index >= 15 is 0 Å². The van der Waals surface area contributed by atoms with Gasteiger partial charge in [0.05, 0.1) is 11.5 Å². The van der Waals surface area contributed by atoms with Crippen LogP contribution < -0.4 is 0 Å². The molecule has 1 aliphatic rings. The SMILES string of the molecule is Cc1ccc(C2(C#N)CC2)c(Cl)n1. The summed E-state index contributed by atoms with van der Waals surface area (Å²) in [4.78, 5) is 4.14. The van der Waals surface area contributed by atoms with Crippen LogP contribution in [0, 0.1) is 18.3 Å². The number of aromatic nitrogens is 1. The highest BCUT2D eigenvalue weighted by atomic mass is 35.5. The second-order valence-electron chi connectivity index (χ2n) is 3.48. The average molecular weight is 193 g/mol. The molecule has 1 aromatic rings. The van der Waals surface area contributed by atoms with Crippen LogP contribution in [-0.2, 0) is 5.41 Å². The van der Waals surface area contributed by atoms with Crippen LogP contribution in [0.3, 0.4) is 0 Å². The second kappa shape index (κ2) is 2.71. The first-order chi connectivity index (χ1) is 6.18. The van der Waals surface area contributed by atoms with E-state index in [1.807, 2.05) is 19.1 Å². The molecule has 3 heteroatoms. The van der Waals surface area contributed by atoms with Crippen molar-refractivity contribution < 1.29 is 0 Å². The zero-order valence-corrected chi connectivity index (χ0v) is 8.10. The van der Waals surface area contributed by atoms with Gasteiger partial charge in [0.15, 0.2) is 0 Å². The Bertz CT molecular complexity index is 388. The molecule has 0 atom stereocenters. The Morgan fingerprint density at radius 1 is 1.54 bits per heavy atom. The highest BCUT2D eigenvalue weighted by Gasteiger charge is 2.46. The summed E-state index contributed by atoms with van der Waals surface area (Å²) in [5.74, 6) is 0. The third kappa shape index (κ3) is 1.30. The molecule has 66 valence electrons. The Kier molecular flexibility index (Phi) is 1.78. The number of pyridine rings is 1. The average Bonchev–Trinajstić information content (AvgIpc) is 2.85. The molecule has 0 N–H and O–H groups in total. The molecule has 0 spiro atoms. The fourth-order valence-corrected chi connectivity index (χ4v) is 1.83. The molecule has 0 amide bonds. The quantitative estimate of drug-likeness (QED) is 0.642. The van der Waals surface area contributed by atoms with E-state index in [4.69, 9.17) is 16.9 Å². The molecule has 0 aromatic carbocycles. The number of halogens is 1. The van der Waals surface area contributed by atoms with Gasteiger partial charge in [-0.3, -0.25) is 0 Å². The van der Waals surface area contributed by atoms with Gasteiger partial charge in [0.1, 0.15) is 5.15 Å². The molecular formula is C10H9ClN2. The minimum Gasteiger partial charge on any atom is -0.241 e. The fraction of sp³-hybridized carbons (Fsp3) is 0.400. The van der Waals surface area contributed by atoms with Gasteiger partial charge in [0.25, 0.3) is 0 Å². The lowest BCUT2D eigenvalue weighted by Gasteiger charge is -2.07. The number of rotatable bonds is 1. The largest absolute Gasteiger partial charge is 0.241 e. The number of nitrogens with zero attached hydrogens (tertiary/aromatic N) is 2. The maximum Gasteiger partial charge on any atom is 0.134 e. The first-order valence-electron chi connectivity index (χ1n) is 4.23. The smallest absolute Gasteiger partial charge is 0.134 e. The molecule has 1 aliphatic carbocycles. The van der Waals surface area contributed by atoms with Crippen LogP contribution in [0.2, 0.25) is 5.15 Å². The fourth-order valence-electron chi connectivity index (χ4n) is 1.45. The molecule has 0 aliphatic heterocycles. The molecular weight excluding hydrogens is 184 g/mol. The van der Waals surface area contributed by atoms with E-state index in [-0.39, 0.29) is 5.41 Å². The Morgan fingerprint density at radius 3 is 2.69 bits per heavy atom. The van der Waals surface area contributed by atoms with Gasteiger partial charge in [-0.2, -0.15) is 5.26 Å². The summed E-state index contributed by atoms with van der Waals surface area (Å²) < 4.78 is 0. The highest BCUT2D eigenvalue weighted by molar-refractivity contribution is 6.30. The maximum atomic E-state index is 8.97. The van der Waals surface area contributed by atoms with Crippen molar-refractivity contribution in [3.63, 3.8) is 0 Å². The van der Waals surface area contributed by atoms with Gasteiger partial charge >= 0.3 is 0 Å². The number of aryl methyl sites for hydroxylation is 1. The molecule has 13 heavy (non-hydrogen) atoms. The topological polar surface area (TPSA) is 36.7 Å². The van der Waals surface area contributed by atoms with Gasteiger partial charge in [-0.15, -0.1) is 0 Å². The van der Waals surface area contributed by atoms with Crippen molar-refractivity contribution in [2.75, 3.05) is 0 Å². The molecule has 2 nitrogen and oxygen atoms in total. The van der Waals surface area contributed by atoms with E-state index in [2.05, 4.69) is 11.1 Å². The molecule has 0 bridgehead atoms. The molecule has 0 unspecified atom stereocenters. The summed E-state index contributed by atoms with van der Waals surface area (Å²) in [7, 11) is 0. The van der Waals surface area contributed by atoms with Gasteiger partial charge in [-0.25, -0.2) is 4.98 Å². The number of hydrogen-bond acceptors (Lipinski definition) is 2. The third-order valence-corrected chi connectivity index (χ3v) is 2.76. The normalized spacial score (nSPS) is 17.9. The number of nitriles is 1. The van der Waals surface area contributed by atoms with Crippen molar-refractivity contribution in [3.05, 3.63) is 28.5 Å². The van der Waals surface area contributed by atoms with E-state index in [1.165, 1.54) is 0 Å². The Morgan fingerprint density at radius 2 is 2.23 bits per heavy atom. The minimum absolute atomic E-state index is 0.322. The van der Waals surface area contributed by atoms with Crippen LogP contribution in [0.4, 0.5) is 0 Å². The van der Waals surface area contributed by atoms with Crippen molar-refractivity contribution in [3.8, 4) is 6.07 Å². The van der Waals surface area contributed by atoms with Gasteiger partial charge < -0.3 is 0 Å². The lowest BCUT2D eigenvalue weighted by Crippen LogP contribution is -2.04. The van der Waals surface area contributed by atoms with E-state index < -0.39 is 0 Å². The molecule has 0 radical (unpaired) electrons. The van der Waals surface area contributed by atoms with Crippen LogP contribution in [0.1, 0.15) is 24.1 Å². The molecule has 1 aromatic heterocycles.